The first-order valence-corrected chi connectivity index (χ1v) is 5.22. The molecule has 0 radical (unpaired) electrons. The van der Waals surface area contributed by atoms with Crippen LogP contribution in [0.1, 0.15) is 13.8 Å². The second-order valence-corrected chi connectivity index (χ2v) is 4.39. The molecule has 82 valence electrons. The van der Waals surface area contributed by atoms with Crippen molar-refractivity contribution in [3.05, 3.63) is 0 Å². The number of carbonyl (C=O) groups excluding carboxylic acids is 1. The molecule has 14 heavy (non-hydrogen) atoms. The number of likely N-dealkylation sites (N-methyl/N-ethyl adjacent to an activating group) is 1. The molecule has 1 aliphatic heterocycles. The van der Waals surface area contributed by atoms with Gasteiger partial charge in [-0.15, -0.1) is 0 Å². The van der Waals surface area contributed by atoms with Crippen molar-refractivity contribution < 1.29 is 4.79 Å². The van der Waals surface area contributed by atoms with Crippen molar-refractivity contribution in [3.8, 4) is 0 Å². The Hall–Kier alpha value is -0.610. The van der Waals surface area contributed by atoms with Crippen LogP contribution in [-0.2, 0) is 4.79 Å². The normalized spacial score (nSPS) is 18.4. The van der Waals surface area contributed by atoms with Crippen LogP contribution in [0.5, 0.6) is 0 Å². The van der Waals surface area contributed by atoms with Crippen molar-refractivity contribution in [2.45, 2.75) is 19.9 Å². The van der Waals surface area contributed by atoms with E-state index in [1.165, 1.54) is 0 Å². The third kappa shape index (κ3) is 2.69. The van der Waals surface area contributed by atoms with Gasteiger partial charge in [0.15, 0.2) is 0 Å². The second kappa shape index (κ2) is 4.75. The smallest absolute Gasteiger partial charge is 0.236 e. The Morgan fingerprint density at radius 3 is 2.57 bits per heavy atom. The molecule has 1 heterocycles. The van der Waals surface area contributed by atoms with Crippen LogP contribution in [0.15, 0.2) is 0 Å². The van der Waals surface area contributed by atoms with Crippen molar-refractivity contribution in [2.75, 3.05) is 33.2 Å². The van der Waals surface area contributed by atoms with E-state index in [0.29, 0.717) is 12.0 Å². The summed E-state index contributed by atoms with van der Waals surface area (Å²) in [7, 11) is 1.83. The summed E-state index contributed by atoms with van der Waals surface area (Å²) in [5.74, 6) is 0.672. The van der Waals surface area contributed by atoms with Crippen molar-refractivity contribution in [1.82, 2.24) is 9.80 Å². The van der Waals surface area contributed by atoms with Gasteiger partial charge in [-0.05, 0) is 13.8 Å². The van der Waals surface area contributed by atoms with E-state index in [9.17, 15) is 4.79 Å². The molecule has 0 aliphatic carbocycles. The zero-order chi connectivity index (χ0) is 10.7. The number of hydrogen-bond acceptors (Lipinski definition) is 3. The van der Waals surface area contributed by atoms with Gasteiger partial charge in [0.25, 0.3) is 0 Å². The summed E-state index contributed by atoms with van der Waals surface area (Å²) in [6, 6.07) is 0.627. The van der Waals surface area contributed by atoms with E-state index >= 15 is 0 Å². The van der Waals surface area contributed by atoms with Crippen molar-refractivity contribution in [1.29, 1.82) is 0 Å². The maximum Gasteiger partial charge on any atom is 0.236 e. The van der Waals surface area contributed by atoms with E-state index in [-0.39, 0.29) is 12.5 Å². The highest BCUT2D eigenvalue weighted by Crippen LogP contribution is 2.18. The van der Waals surface area contributed by atoms with Crippen LogP contribution in [0.25, 0.3) is 0 Å². The number of hydrogen-bond donors (Lipinski definition) is 1. The topological polar surface area (TPSA) is 49.6 Å². The molecule has 0 bridgehead atoms. The van der Waals surface area contributed by atoms with Crippen LogP contribution < -0.4 is 5.73 Å². The van der Waals surface area contributed by atoms with Crippen LogP contribution in [0.4, 0.5) is 0 Å². The Kier molecular flexibility index (Phi) is 3.89. The van der Waals surface area contributed by atoms with Gasteiger partial charge in [0.05, 0.1) is 6.54 Å². The van der Waals surface area contributed by atoms with Crippen LogP contribution in [0.3, 0.4) is 0 Å². The maximum absolute atomic E-state index is 11.2. The zero-order valence-electron chi connectivity index (χ0n) is 9.36. The summed E-state index contributed by atoms with van der Waals surface area (Å²) in [5, 5.41) is 0. The van der Waals surface area contributed by atoms with Crippen molar-refractivity contribution in [2.24, 2.45) is 11.7 Å². The van der Waals surface area contributed by atoms with Crippen LogP contribution in [0.2, 0.25) is 0 Å². The first-order chi connectivity index (χ1) is 6.54. The fraction of sp³-hybridized carbons (Fsp3) is 0.900. The fourth-order valence-electron chi connectivity index (χ4n) is 1.79. The van der Waals surface area contributed by atoms with Gasteiger partial charge in [-0.3, -0.25) is 4.79 Å². The SMILES string of the molecule is CC(C)N1CC(CN(C)C(=O)CN)C1. The molecule has 0 spiro atoms. The van der Waals surface area contributed by atoms with E-state index in [1.807, 2.05) is 7.05 Å². The van der Waals surface area contributed by atoms with Gasteiger partial charge in [-0.25, -0.2) is 0 Å². The lowest BCUT2D eigenvalue weighted by molar-refractivity contribution is -0.129. The molecule has 1 aliphatic rings. The third-order valence-corrected chi connectivity index (χ3v) is 2.85. The monoisotopic (exact) mass is 199 g/mol. The Morgan fingerprint density at radius 1 is 1.57 bits per heavy atom. The van der Waals surface area contributed by atoms with E-state index < -0.39 is 0 Å². The van der Waals surface area contributed by atoms with Gasteiger partial charge in [-0.1, -0.05) is 0 Å². The highest BCUT2D eigenvalue weighted by Gasteiger charge is 2.29. The van der Waals surface area contributed by atoms with Gasteiger partial charge >= 0.3 is 0 Å². The number of likely N-dealkylation sites (tertiary alicyclic amines) is 1. The quantitative estimate of drug-likeness (QED) is 0.679. The third-order valence-electron chi connectivity index (χ3n) is 2.85. The molecule has 1 saturated heterocycles. The molecule has 2 N–H and O–H groups in total. The van der Waals surface area contributed by atoms with Crippen LogP contribution in [-0.4, -0.2) is 55.0 Å². The van der Waals surface area contributed by atoms with Crippen molar-refractivity contribution >= 4 is 5.91 Å². The number of rotatable bonds is 4. The molecule has 4 heteroatoms. The van der Waals surface area contributed by atoms with E-state index in [1.54, 1.807) is 4.90 Å². The maximum atomic E-state index is 11.2. The highest BCUT2D eigenvalue weighted by molar-refractivity contribution is 5.77. The predicted molar refractivity (Wildman–Crippen MR) is 56.9 cm³/mol. The highest BCUT2D eigenvalue weighted by atomic mass is 16.2. The Morgan fingerprint density at radius 2 is 2.14 bits per heavy atom. The largest absolute Gasteiger partial charge is 0.344 e. The molecule has 0 aromatic rings. The van der Waals surface area contributed by atoms with E-state index in [2.05, 4.69) is 18.7 Å². The number of amides is 1. The summed E-state index contributed by atoms with van der Waals surface area (Å²) < 4.78 is 0. The minimum absolute atomic E-state index is 0.0352. The summed E-state index contributed by atoms with van der Waals surface area (Å²) >= 11 is 0. The molecular formula is C10H21N3O. The molecule has 4 nitrogen and oxygen atoms in total. The summed E-state index contributed by atoms with van der Waals surface area (Å²) in [5.41, 5.74) is 5.28. The van der Waals surface area contributed by atoms with Gasteiger partial charge in [0.2, 0.25) is 5.91 Å². The van der Waals surface area contributed by atoms with Gasteiger partial charge in [0.1, 0.15) is 0 Å². The minimum Gasteiger partial charge on any atom is -0.344 e. The minimum atomic E-state index is 0.0352. The first-order valence-electron chi connectivity index (χ1n) is 5.22. The lowest BCUT2D eigenvalue weighted by atomic mass is 9.98. The Balaban J connectivity index is 2.19. The Bertz CT molecular complexity index is 200. The lowest BCUT2D eigenvalue weighted by Gasteiger charge is -2.43. The molecule has 1 fully saturated rings. The molecule has 0 aromatic heterocycles. The van der Waals surface area contributed by atoms with Crippen molar-refractivity contribution in [3.63, 3.8) is 0 Å². The second-order valence-electron chi connectivity index (χ2n) is 4.39. The van der Waals surface area contributed by atoms with Gasteiger partial charge in [0, 0.05) is 38.6 Å². The molecule has 0 aromatic carbocycles. The Labute approximate surface area is 86.0 Å². The van der Waals surface area contributed by atoms with E-state index in [4.69, 9.17) is 5.73 Å². The standard InChI is InChI=1S/C10H21N3O/c1-8(2)13-6-9(7-13)5-12(3)10(14)4-11/h8-9H,4-7,11H2,1-3H3. The summed E-state index contributed by atoms with van der Waals surface area (Å²) in [4.78, 5) is 15.3. The summed E-state index contributed by atoms with van der Waals surface area (Å²) in [6.07, 6.45) is 0. The van der Waals surface area contributed by atoms with Gasteiger partial charge in [-0.2, -0.15) is 0 Å². The predicted octanol–water partition coefficient (Wildman–Crippen LogP) is -0.256. The molecular weight excluding hydrogens is 178 g/mol. The average Bonchev–Trinajstić information content (AvgIpc) is 2.07. The lowest BCUT2D eigenvalue weighted by Crippen LogP contribution is -2.54. The first kappa shape index (κ1) is 11.5. The van der Waals surface area contributed by atoms with Gasteiger partial charge < -0.3 is 15.5 Å². The molecule has 1 rings (SSSR count). The molecule has 1 amide bonds. The molecule has 0 saturated carbocycles. The number of nitrogens with two attached hydrogens (primary N) is 1. The number of nitrogens with zero attached hydrogens (tertiary/aromatic N) is 2. The van der Waals surface area contributed by atoms with E-state index in [0.717, 1.165) is 19.6 Å². The van der Waals surface area contributed by atoms with Crippen LogP contribution in [0, 0.1) is 5.92 Å². The van der Waals surface area contributed by atoms with Crippen LogP contribution >= 0.6 is 0 Å². The molecule has 0 atom stereocenters. The summed E-state index contributed by atoms with van der Waals surface area (Å²) in [6.45, 7) is 7.59. The fourth-order valence-corrected chi connectivity index (χ4v) is 1.79. The number of carbonyl (C=O) groups is 1. The zero-order valence-corrected chi connectivity index (χ0v) is 9.36. The average molecular weight is 199 g/mol. The molecule has 0 unspecified atom stereocenters.